The van der Waals surface area contributed by atoms with Gasteiger partial charge in [0.05, 0.1) is 19.4 Å². The van der Waals surface area contributed by atoms with Crippen LogP contribution in [0.1, 0.15) is 105 Å². The monoisotopic (exact) mass is 362 g/mol. The molecule has 0 amide bonds. The fourth-order valence-electron chi connectivity index (χ4n) is 2.65. The first-order chi connectivity index (χ1) is 11.5. The normalized spacial score (nSPS) is 14.2. The zero-order valence-corrected chi connectivity index (χ0v) is 17.8. The molecule has 0 N–H and O–H groups in total. The van der Waals surface area contributed by atoms with Crippen molar-refractivity contribution in [3.05, 3.63) is 0 Å². The first-order valence-electron chi connectivity index (χ1n) is 10.4. The molecule has 0 fully saturated rings. The predicted molar refractivity (Wildman–Crippen MR) is 106 cm³/mol. The number of hydrogen-bond donors (Lipinski definition) is 0. The molecule has 0 saturated carbocycles. The first kappa shape index (κ1) is 24.1. The van der Waals surface area contributed by atoms with Crippen LogP contribution >= 0.6 is 7.60 Å². The van der Waals surface area contributed by atoms with Crippen LogP contribution in [0.3, 0.4) is 0 Å². The highest BCUT2D eigenvalue weighted by Crippen LogP contribution is 2.49. The van der Waals surface area contributed by atoms with E-state index >= 15 is 0 Å². The van der Waals surface area contributed by atoms with Gasteiger partial charge in [0.15, 0.2) is 0 Å². The van der Waals surface area contributed by atoms with Crippen LogP contribution in [0.25, 0.3) is 0 Å². The zero-order valence-electron chi connectivity index (χ0n) is 16.9. The second kappa shape index (κ2) is 16.6. The Bertz CT molecular complexity index is 305. The van der Waals surface area contributed by atoms with E-state index in [-0.39, 0.29) is 0 Å². The summed E-state index contributed by atoms with van der Waals surface area (Å²) in [7, 11) is -2.87. The van der Waals surface area contributed by atoms with Gasteiger partial charge >= 0.3 is 7.60 Å². The lowest BCUT2D eigenvalue weighted by Gasteiger charge is -2.19. The van der Waals surface area contributed by atoms with E-state index in [9.17, 15) is 4.57 Å². The molecule has 0 aromatic heterocycles. The number of hydrogen-bond acceptors (Lipinski definition) is 3. The molecule has 0 aliphatic rings. The molecule has 0 aliphatic heterocycles. The molecule has 1 unspecified atom stereocenters. The Labute approximate surface area is 151 Å². The maximum Gasteiger partial charge on any atom is 0.330 e. The largest absolute Gasteiger partial charge is 0.330 e. The third kappa shape index (κ3) is 15.7. The van der Waals surface area contributed by atoms with Crippen molar-refractivity contribution < 1.29 is 13.6 Å². The van der Waals surface area contributed by atoms with Crippen LogP contribution < -0.4 is 0 Å². The van der Waals surface area contributed by atoms with Crippen molar-refractivity contribution in [1.29, 1.82) is 0 Å². The molecule has 0 spiro atoms. The van der Waals surface area contributed by atoms with Gasteiger partial charge in [0, 0.05) is 0 Å². The van der Waals surface area contributed by atoms with Gasteiger partial charge in [0.2, 0.25) is 0 Å². The Kier molecular flexibility index (Phi) is 16.7. The highest BCUT2D eigenvalue weighted by Gasteiger charge is 2.23. The second-order valence-electron chi connectivity index (χ2n) is 7.37. The van der Waals surface area contributed by atoms with Crippen molar-refractivity contribution in [1.82, 2.24) is 0 Å². The Morgan fingerprint density at radius 2 is 1.21 bits per heavy atom. The van der Waals surface area contributed by atoms with E-state index in [1.54, 1.807) is 0 Å². The van der Waals surface area contributed by atoms with Crippen LogP contribution in [0.4, 0.5) is 0 Å². The highest BCUT2D eigenvalue weighted by molar-refractivity contribution is 7.53. The molecule has 0 radical (unpaired) electrons. The molecule has 0 rings (SSSR count). The van der Waals surface area contributed by atoms with E-state index in [1.165, 1.54) is 44.9 Å². The minimum atomic E-state index is -2.87. The van der Waals surface area contributed by atoms with Crippen molar-refractivity contribution >= 4 is 7.60 Å². The lowest BCUT2D eigenvalue weighted by atomic mass is 10.1. The Morgan fingerprint density at radius 3 is 1.75 bits per heavy atom. The predicted octanol–water partition coefficient (Wildman–Crippen LogP) is 7.59. The summed E-state index contributed by atoms with van der Waals surface area (Å²) >= 11 is 0. The summed E-state index contributed by atoms with van der Waals surface area (Å²) in [6, 6.07) is 0. The first-order valence-corrected chi connectivity index (χ1v) is 12.1. The van der Waals surface area contributed by atoms with Gasteiger partial charge in [0.25, 0.3) is 0 Å². The van der Waals surface area contributed by atoms with Gasteiger partial charge < -0.3 is 9.05 Å². The fourth-order valence-corrected chi connectivity index (χ4v) is 4.50. The van der Waals surface area contributed by atoms with E-state index in [0.717, 1.165) is 32.1 Å². The summed E-state index contributed by atoms with van der Waals surface area (Å²) in [5.74, 6) is 0.668. The van der Waals surface area contributed by atoms with E-state index < -0.39 is 7.60 Å². The molecule has 1 atom stereocenters. The second-order valence-corrected chi connectivity index (χ2v) is 9.55. The van der Waals surface area contributed by atoms with E-state index in [0.29, 0.717) is 25.3 Å². The van der Waals surface area contributed by atoms with Gasteiger partial charge in [-0.2, -0.15) is 0 Å². The van der Waals surface area contributed by atoms with Gasteiger partial charge in [-0.3, -0.25) is 4.57 Å². The smallest absolute Gasteiger partial charge is 0.309 e. The number of unbranched alkanes of at least 4 members (excludes halogenated alkanes) is 8. The molecule has 4 heteroatoms. The molecular formula is C20H43O3P. The standard InChI is InChI=1S/C20H43O3P/c1-5-7-9-10-11-12-13-14-17-22-24(21,19-8-6-2)23-18-15-16-20(3)4/h20H,5-19H2,1-4H3. The summed E-state index contributed by atoms with van der Waals surface area (Å²) < 4.78 is 24.2. The van der Waals surface area contributed by atoms with Crippen LogP contribution in [-0.4, -0.2) is 19.4 Å². The quantitative estimate of drug-likeness (QED) is 0.186. The lowest BCUT2D eigenvalue weighted by Crippen LogP contribution is -2.04. The summed E-state index contributed by atoms with van der Waals surface area (Å²) in [5.41, 5.74) is 0. The topological polar surface area (TPSA) is 35.5 Å². The van der Waals surface area contributed by atoms with Crippen LogP contribution in [0.15, 0.2) is 0 Å². The molecule has 24 heavy (non-hydrogen) atoms. The minimum Gasteiger partial charge on any atom is -0.309 e. The van der Waals surface area contributed by atoms with Crippen molar-refractivity contribution in [2.75, 3.05) is 19.4 Å². The van der Waals surface area contributed by atoms with Crippen molar-refractivity contribution in [2.24, 2.45) is 5.92 Å². The summed E-state index contributed by atoms with van der Waals surface area (Å²) in [6.45, 7) is 9.92. The van der Waals surface area contributed by atoms with Crippen LogP contribution in [0.2, 0.25) is 0 Å². The zero-order chi connectivity index (χ0) is 18.1. The molecule has 0 aromatic rings. The Morgan fingerprint density at radius 1 is 0.708 bits per heavy atom. The van der Waals surface area contributed by atoms with E-state index in [1.807, 2.05) is 0 Å². The maximum atomic E-state index is 12.8. The molecule has 0 aliphatic carbocycles. The minimum absolute atomic E-state index is 0.566. The van der Waals surface area contributed by atoms with Gasteiger partial charge in [-0.25, -0.2) is 0 Å². The molecular weight excluding hydrogens is 319 g/mol. The van der Waals surface area contributed by atoms with Gasteiger partial charge in [-0.05, 0) is 31.6 Å². The van der Waals surface area contributed by atoms with Crippen LogP contribution in [0.5, 0.6) is 0 Å². The molecule has 3 nitrogen and oxygen atoms in total. The molecule has 0 bridgehead atoms. The van der Waals surface area contributed by atoms with E-state index in [4.69, 9.17) is 9.05 Å². The molecule has 0 saturated heterocycles. The summed E-state index contributed by atoms with van der Waals surface area (Å²) in [6.07, 6.45) is 14.7. The van der Waals surface area contributed by atoms with Crippen molar-refractivity contribution in [3.8, 4) is 0 Å². The molecule has 146 valence electrons. The van der Waals surface area contributed by atoms with E-state index in [2.05, 4.69) is 27.7 Å². The number of rotatable bonds is 18. The van der Waals surface area contributed by atoms with Crippen molar-refractivity contribution in [2.45, 2.75) is 105 Å². The third-order valence-corrected chi connectivity index (χ3v) is 6.30. The van der Waals surface area contributed by atoms with Gasteiger partial charge in [0.1, 0.15) is 0 Å². The van der Waals surface area contributed by atoms with Gasteiger partial charge in [-0.1, -0.05) is 79.1 Å². The van der Waals surface area contributed by atoms with Gasteiger partial charge in [-0.15, -0.1) is 0 Å². The molecule has 0 heterocycles. The molecule has 0 aromatic carbocycles. The summed E-state index contributed by atoms with van der Waals surface area (Å²) in [5, 5.41) is 0. The lowest BCUT2D eigenvalue weighted by molar-refractivity contribution is 0.195. The average molecular weight is 363 g/mol. The van der Waals surface area contributed by atoms with Crippen LogP contribution in [0, 0.1) is 5.92 Å². The van der Waals surface area contributed by atoms with Crippen molar-refractivity contribution in [3.63, 3.8) is 0 Å². The maximum absolute atomic E-state index is 12.8. The fraction of sp³-hybridized carbons (Fsp3) is 1.00. The Hall–Kier alpha value is 0.150. The SMILES string of the molecule is CCCCCCCCCCOP(=O)(CCCC)OCCCC(C)C. The average Bonchev–Trinajstić information content (AvgIpc) is 2.55. The third-order valence-electron chi connectivity index (χ3n) is 4.29. The highest BCUT2D eigenvalue weighted by atomic mass is 31.2. The summed E-state index contributed by atoms with van der Waals surface area (Å²) in [4.78, 5) is 0. The van der Waals surface area contributed by atoms with Crippen LogP contribution in [-0.2, 0) is 13.6 Å². The Balaban J connectivity index is 3.82.